The molecule has 1 aromatic rings. The SMILES string of the molecule is CC(O)c1nc(CC2CCCN2C)no1. The monoisotopic (exact) mass is 211 g/mol. The average Bonchev–Trinajstić information content (AvgIpc) is 2.77. The molecule has 0 saturated carbocycles. The van der Waals surface area contributed by atoms with Crippen LogP contribution in [0, 0.1) is 0 Å². The molecule has 1 fully saturated rings. The molecule has 1 N–H and O–H groups in total. The Kier molecular flexibility index (Phi) is 3.02. The zero-order valence-electron chi connectivity index (χ0n) is 9.18. The molecule has 2 rings (SSSR count). The van der Waals surface area contributed by atoms with Gasteiger partial charge in [-0.15, -0.1) is 0 Å². The predicted octanol–water partition coefficient (Wildman–Crippen LogP) is 0.760. The van der Waals surface area contributed by atoms with Crippen LogP contribution in [0.15, 0.2) is 4.52 Å². The highest BCUT2D eigenvalue weighted by molar-refractivity contribution is 4.93. The Bertz CT molecular complexity index is 324. The van der Waals surface area contributed by atoms with Crippen LogP contribution in [0.2, 0.25) is 0 Å². The van der Waals surface area contributed by atoms with Gasteiger partial charge in [-0.25, -0.2) is 0 Å². The van der Waals surface area contributed by atoms with Gasteiger partial charge in [0, 0.05) is 12.5 Å². The van der Waals surface area contributed by atoms with E-state index in [1.165, 1.54) is 12.8 Å². The average molecular weight is 211 g/mol. The van der Waals surface area contributed by atoms with Crippen molar-refractivity contribution in [3.05, 3.63) is 11.7 Å². The second kappa shape index (κ2) is 4.28. The van der Waals surface area contributed by atoms with Gasteiger partial charge >= 0.3 is 0 Å². The van der Waals surface area contributed by atoms with Gasteiger partial charge in [0.05, 0.1) is 0 Å². The van der Waals surface area contributed by atoms with E-state index in [2.05, 4.69) is 22.1 Å². The molecule has 0 bridgehead atoms. The molecule has 1 aromatic heterocycles. The number of aliphatic hydroxyl groups excluding tert-OH is 1. The molecule has 1 aliphatic heterocycles. The summed E-state index contributed by atoms with van der Waals surface area (Å²) in [5.41, 5.74) is 0. The van der Waals surface area contributed by atoms with Crippen molar-refractivity contribution >= 4 is 0 Å². The van der Waals surface area contributed by atoms with Gasteiger partial charge in [0.2, 0.25) is 0 Å². The fourth-order valence-corrected chi connectivity index (χ4v) is 1.97. The first-order valence-electron chi connectivity index (χ1n) is 5.37. The summed E-state index contributed by atoms with van der Waals surface area (Å²) in [5, 5.41) is 13.1. The molecule has 0 aliphatic carbocycles. The summed E-state index contributed by atoms with van der Waals surface area (Å²) in [6, 6.07) is 0.518. The summed E-state index contributed by atoms with van der Waals surface area (Å²) in [6.07, 6.45) is 2.57. The number of likely N-dealkylation sites (N-methyl/N-ethyl adjacent to an activating group) is 1. The van der Waals surface area contributed by atoms with Crippen molar-refractivity contribution in [3.8, 4) is 0 Å². The largest absolute Gasteiger partial charge is 0.384 e. The Labute approximate surface area is 89.1 Å². The fourth-order valence-electron chi connectivity index (χ4n) is 1.97. The number of likely N-dealkylation sites (tertiary alicyclic amines) is 1. The summed E-state index contributed by atoms with van der Waals surface area (Å²) >= 11 is 0. The van der Waals surface area contributed by atoms with E-state index in [0.29, 0.717) is 17.8 Å². The lowest BCUT2D eigenvalue weighted by molar-refractivity contribution is 0.151. The molecule has 0 spiro atoms. The Morgan fingerprint density at radius 3 is 3.00 bits per heavy atom. The molecule has 2 unspecified atom stereocenters. The van der Waals surface area contributed by atoms with Crippen LogP contribution >= 0.6 is 0 Å². The van der Waals surface area contributed by atoms with Gasteiger partial charge < -0.3 is 14.5 Å². The molecule has 0 aromatic carbocycles. The zero-order chi connectivity index (χ0) is 10.8. The lowest BCUT2D eigenvalue weighted by Crippen LogP contribution is -2.27. The van der Waals surface area contributed by atoms with Gasteiger partial charge in [0.15, 0.2) is 5.82 Å². The van der Waals surface area contributed by atoms with Gasteiger partial charge in [-0.3, -0.25) is 0 Å². The fraction of sp³-hybridized carbons (Fsp3) is 0.800. The van der Waals surface area contributed by atoms with E-state index < -0.39 is 6.10 Å². The molecular weight excluding hydrogens is 194 g/mol. The summed E-state index contributed by atoms with van der Waals surface area (Å²) in [5.74, 6) is 1.01. The van der Waals surface area contributed by atoms with Crippen LogP contribution in [0.1, 0.15) is 37.6 Å². The Hall–Kier alpha value is -0.940. The maximum absolute atomic E-state index is 9.24. The van der Waals surface area contributed by atoms with Crippen LogP contribution in [0.3, 0.4) is 0 Å². The number of hydrogen-bond donors (Lipinski definition) is 1. The molecule has 2 atom stereocenters. The molecule has 0 amide bonds. The predicted molar refractivity (Wildman–Crippen MR) is 54.3 cm³/mol. The summed E-state index contributed by atoms with van der Waals surface area (Å²) < 4.78 is 4.94. The van der Waals surface area contributed by atoms with Gasteiger partial charge in [-0.05, 0) is 33.4 Å². The summed E-state index contributed by atoms with van der Waals surface area (Å²) in [7, 11) is 2.12. The quantitative estimate of drug-likeness (QED) is 0.799. The Morgan fingerprint density at radius 1 is 1.67 bits per heavy atom. The van der Waals surface area contributed by atoms with Crippen molar-refractivity contribution < 1.29 is 9.63 Å². The van der Waals surface area contributed by atoms with Crippen molar-refractivity contribution in [1.29, 1.82) is 0 Å². The van der Waals surface area contributed by atoms with Crippen LogP contribution in [0.5, 0.6) is 0 Å². The summed E-state index contributed by atoms with van der Waals surface area (Å²) in [6.45, 7) is 2.77. The maximum Gasteiger partial charge on any atom is 0.255 e. The number of rotatable bonds is 3. The number of aliphatic hydroxyl groups is 1. The van der Waals surface area contributed by atoms with Crippen LogP contribution in [0.4, 0.5) is 0 Å². The second-order valence-corrected chi connectivity index (χ2v) is 4.21. The number of nitrogens with zero attached hydrogens (tertiary/aromatic N) is 3. The van der Waals surface area contributed by atoms with Crippen molar-refractivity contribution in [2.45, 2.75) is 38.3 Å². The molecule has 2 heterocycles. The molecule has 1 aliphatic rings. The van der Waals surface area contributed by atoms with Gasteiger partial charge in [0.25, 0.3) is 5.89 Å². The molecule has 1 saturated heterocycles. The highest BCUT2D eigenvalue weighted by atomic mass is 16.5. The van der Waals surface area contributed by atoms with Crippen molar-refractivity contribution in [1.82, 2.24) is 15.0 Å². The molecular formula is C10H17N3O2. The van der Waals surface area contributed by atoms with Crippen LogP contribution < -0.4 is 0 Å². The maximum atomic E-state index is 9.24. The molecule has 5 nitrogen and oxygen atoms in total. The molecule has 0 radical (unpaired) electrons. The normalized spacial score (nSPS) is 24.6. The van der Waals surface area contributed by atoms with Crippen LogP contribution in [-0.2, 0) is 6.42 Å². The standard InChI is InChI=1S/C10H17N3O2/c1-7(14)10-11-9(12-15-10)6-8-4-3-5-13(8)2/h7-8,14H,3-6H2,1-2H3. The minimum Gasteiger partial charge on any atom is -0.384 e. The molecule has 15 heavy (non-hydrogen) atoms. The topological polar surface area (TPSA) is 62.4 Å². The highest BCUT2D eigenvalue weighted by Gasteiger charge is 2.23. The third-order valence-electron chi connectivity index (χ3n) is 2.93. The van der Waals surface area contributed by atoms with Gasteiger partial charge in [-0.2, -0.15) is 4.98 Å². The van der Waals surface area contributed by atoms with E-state index in [4.69, 9.17) is 4.52 Å². The van der Waals surface area contributed by atoms with Crippen LogP contribution in [0.25, 0.3) is 0 Å². The van der Waals surface area contributed by atoms with Gasteiger partial charge in [0.1, 0.15) is 6.10 Å². The Morgan fingerprint density at radius 2 is 2.47 bits per heavy atom. The minimum atomic E-state index is -0.674. The number of hydrogen-bond acceptors (Lipinski definition) is 5. The molecule has 84 valence electrons. The van der Waals surface area contributed by atoms with E-state index in [1.54, 1.807) is 6.92 Å². The van der Waals surface area contributed by atoms with E-state index in [-0.39, 0.29) is 0 Å². The van der Waals surface area contributed by atoms with Gasteiger partial charge in [-0.1, -0.05) is 5.16 Å². The van der Waals surface area contributed by atoms with E-state index in [9.17, 15) is 5.11 Å². The van der Waals surface area contributed by atoms with Crippen molar-refractivity contribution in [3.63, 3.8) is 0 Å². The molecule has 5 heteroatoms. The lowest BCUT2D eigenvalue weighted by atomic mass is 10.1. The highest BCUT2D eigenvalue weighted by Crippen LogP contribution is 2.18. The smallest absolute Gasteiger partial charge is 0.255 e. The van der Waals surface area contributed by atoms with E-state index >= 15 is 0 Å². The summed E-state index contributed by atoms with van der Waals surface area (Å²) in [4.78, 5) is 6.47. The van der Waals surface area contributed by atoms with E-state index in [0.717, 1.165) is 13.0 Å². The van der Waals surface area contributed by atoms with Crippen LogP contribution in [-0.4, -0.2) is 39.8 Å². The third-order valence-corrected chi connectivity index (χ3v) is 2.93. The third kappa shape index (κ3) is 2.35. The zero-order valence-corrected chi connectivity index (χ0v) is 9.18. The number of aromatic nitrogens is 2. The minimum absolute atomic E-state index is 0.311. The van der Waals surface area contributed by atoms with Crippen molar-refractivity contribution in [2.24, 2.45) is 0 Å². The van der Waals surface area contributed by atoms with Crippen molar-refractivity contribution in [2.75, 3.05) is 13.6 Å². The Balaban J connectivity index is 1.98. The second-order valence-electron chi connectivity index (χ2n) is 4.21. The van der Waals surface area contributed by atoms with E-state index in [1.807, 2.05) is 0 Å². The first-order valence-corrected chi connectivity index (χ1v) is 5.37. The first kappa shape index (κ1) is 10.6. The lowest BCUT2D eigenvalue weighted by Gasteiger charge is -2.16. The first-order chi connectivity index (χ1) is 7.16.